The molecule has 0 saturated carbocycles. The molecule has 6 heavy (non-hydrogen) atoms. The summed E-state index contributed by atoms with van der Waals surface area (Å²) in [5.74, 6) is 0. The molecule has 4 N–H and O–H groups in total. The van der Waals surface area contributed by atoms with Crippen LogP contribution in [0, 0.1) is 0 Å². The second-order valence-corrected chi connectivity index (χ2v) is 7.22. The van der Waals surface area contributed by atoms with Gasteiger partial charge >= 0.3 is 42.3 Å². The first-order chi connectivity index (χ1) is 1.73. The molecule has 0 fully saturated rings. The van der Waals surface area contributed by atoms with Crippen molar-refractivity contribution < 1.29 is 13.7 Å². The third-order valence-corrected chi connectivity index (χ3v) is 0. The van der Waals surface area contributed by atoms with Crippen LogP contribution in [0.15, 0.2) is 0 Å². The first kappa shape index (κ1) is 15.7. The largest absolute Gasteiger partial charge is 0.693 e. The third-order valence-electron chi connectivity index (χ3n) is 0. The van der Waals surface area contributed by atoms with Gasteiger partial charge in [0.15, 0.2) is 0 Å². The number of nitrogens with two attached hydrogens (primary N) is 2. The third kappa shape index (κ3) is 51.2. The predicted octanol–water partition coefficient (Wildman–Crippen LogP) is 3.50. The maximum Gasteiger partial charge on any atom is -0.693 e. The molecule has 0 bridgehead atoms. The molecule has 6 heteroatoms. The SMILES string of the molecule is [Cl][Pd]([Cl])[Cl].[NH2-].[NH2-]. The van der Waals surface area contributed by atoms with Crippen LogP contribution in [0.4, 0.5) is 0 Å². The van der Waals surface area contributed by atoms with E-state index < -0.39 is 13.7 Å². The molecule has 0 spiro atoms. The van der Waals surface area contributed by atoms with Gasteiger partial charge in [-0.3, -0.25) is 0 Å². The van der Waals surface area contributed by atoms with Crippen molar-refractivity contribution in [3.63, 3.8) is 0 Å². The Balaban J connectivity index is -0.0000000450. The fraction of sp³-hybridized carbons (Fsp3) is 0. The van der Waals surface area contributed by atoms with Gasteiger partial charge in [0.05, 0.1) is 0 Å². The Morgan fingerprint density at radius 3 is 0.833 bits per heavy atom. The topological polar surface area (TPSA) is 67.0 Å². The molecule has 0 aromatic heterocycles. The Morgan fingerprint density at radius 2 is 0.833 bits per heavy atom. The summed E-state index contributed by atoms with van der Waals surface area (Å²) in [4.78, 5) is 0. The van der Waals surface area contributed by atoms with Gasteiger partial charge in [-0.25, -0.2) is 0 Å². The molecular weight excluding hydrogens is 241 g/mol. The summed E-state index contributed by atoms with van der Waals surface area (Å²) in [7, 11) is 14.8. The minimum atomic E-state index is -1.57. The van der Waals surface area contributed by atoms with E-state index >= 15 is 0 Å². The second kappa shape index (κ2) is 9.68. The summed E-state index contributed by atoms with van der Waals surface area (Å²) in [6.07, 6.45) is 0. The molecule has 0 rings (SSSR count). The molecule has 2 nitrogen and oxygen atoms in total. The summed E-state index contributed by atoms with van der Waals surface area (Å²) in [6, 6.07) is 0. The van der Waals surface area contributed by atoms with Gasteiger partial charge in [-0.15, -0.1) is 0 Å². The minimum absolute atomic E-state index is 0. The van der Waals surface area contributed by atoms with E-state index in [1.54, 1.807) is 0 Å². The molecule has 0 aliphatic carbocycles. The summed E-state index contributed by atoms with van der Waals surface area (Å²) in [5, 5.41) is 0. The zero-order chi connectivity index (χ0) is 3.58. The summed E-state index contributed by atoms with van der Waals surface area (Å²) in [5.41, 5.74) is 0. The van der Waals surface area contributed by atoms with Gasteiger partial charge < -0.3 is 12.3 Å². The van der Waals surface area contributed by atoms with Crippen LogP contribution in [0.5, 0.6) is 0 Å². The van der Waals surface area contributed by atoms with Crippen LogP contribution in [0.25, 0.3) is 12.3 Å². The van der Waals surface area contributed by atoms with Crippen molar-refractivity contribution in [3.8, 4) is 0 Å². The second-order valence-electron chi connectivity index (χ2n) is 0.136. The number of hydrogen-bond donors (Lipinski definition) is 0. The summed E-state index contributed by atoms with van der Waals surface area (Å²) < 4.78 is 0. The van der Waals surface area contributed by atoms with Crippen LogP contribution in [0.1, 0.15) is 0 Å². The van der Waals surface area contributed by atoms with Crippen LogP contribution in [0.2, 0.25) is 0 Å². The monoisotopic (exact) mass is 243 g/mol. The summed E-state index contributed by atoms with van der Waals surface area (Å²) >= 11 is -1.57. The van der Waals surface area contributed by atoms with Crippen LogP contribution in [-0.4, -0.2) is 0 Å². The van der Waals surface area contributed by atoms with Crippen molar-refractivity contribution in [2.24, 2.45) is 0 Å². The summed E-state index contributed by atoms with van der Waals surface area (Å²) in [6.45, 7) is 0. The molecule has 0 aliphatic rings. The van der Waals surface area contributed by atoms with Crippen LogP contribution < -0.4 is 0 Å². The molecule has 0 amide bonds. The van der Waals surface area contributed by atoms with E-state index in [-0.39, 0.29) is 12.3 Å². The van der Waals surface area contributed by atoms with Crippen molar-refractivity contribution in [1.82, 2.24) is 0 Å². The first-order valence-electron chi connectivity index (χ1n) is 0.359. The Labute approximate surface area is 54.5 Å². The molecule has 0 aromatic carbocycles. The molecular formula is H4Cl3N2Pd-2. The maximum atomic E-state index is 4.92. The number of halogens is 3. The van der Waals surface area contributed by atoms with Crippen molar-refractivity contribution in [3.05, 3.63) is 12.3 Å². The zero-order valence-electron chi connectivity index (χ0n) is 2.60. The fourth-order valence-electron chi connectivity index (χ4n) is 0. The zero-order valence-corrected chi connectivity index (χ0v) is 6.43. The number of rotatable bonds is 0. The predicted molar refractivity (Wildman–Crippen MR) is 28.1 cm³/mol. The molecule has 0 radical (unpaired) electrons. The molecule has 0 atom stereocenters. The Bertz CT molecular complexity index is 13.5. The molecule has 0 unspecified atom stereocenters. The van der Waals surface area contributed by atoms with Gasteiger partial charge in [0.1, 0.15) is 0 Å². The van der Waals surface area contributed by atoms with E-state index in [1.165, 1.54) is 0 Å². The average molecular weight is 245 g/mol. The van der Waals surface area contributed by atoms with Gasteiger partial charge in [-0.1, -0.05) is 0 Å². The maximum absolute atomic E-state index is 4.92. The van der Waals surface area contributed by atoms with Gasteiger partial charge in [0, 0.05) is 0 Å². The van der Waals surface area contributed by atoms with E-state index in [1.807, 2.05) is 0 Å². The van der Waals surface area contributed by atoms with Gasteiger partial charge in [0.2, 0.25) is 0 Å². The van der Waals surface area contributed by atoms with Crippen molar-refractivity contribution in [1.29, 1.82) is 0 Å². The van der Waals surface area contributed by atoms with Crippen molar-refractivity contribution in [2.75, 3.05) is 0 Å². The van der Waals surface area contributed by atoms with Crippen molar-refractivity contribution >= 4 is 28.6 Å². The molecule has 0 heterocycles. The molecule has 47 valence electrons. The Morgan fingerprint density at radius 1 is 0.833 bits per heavy atom. The van der Waals surface area contributed by atoms with E-state index in [2.05, 4.69) is 0 Å². The molecule has 0 saturated heterocycles. The van der Waals surface area contributed by atoms with Gasteiger partial charge in [0.25, 0.3) is 0 Å². The molecule has 0 aromatic rings. The fourth-order valence-corrected chi connectivity index (χ4v) is 0. The van der Waals surface area contributed by atoms with Gasteiger partial charge in [-0.05, 0) is 0 Å². The van der Waals surface area contributed by atoms with E-state index in [0.29, 0.717) is 0 Å². The molecule has 0 aliphatic heterocycles. The van der Waals surface area contributed by atoms with Crippen LogP contribution >= 0.6 is 28.6 Å². The minimum Gasteiger partial charge on any atom is -0.693 e. The van der Waals surface area contributed by atoms with Gasteiger partial charge in [-0.2, -0.15) is 0 Å². The quantitative estimate of drug-likeness (QED) is 0.586. The Hall–Kier alpha value is 1.45. The number of hydrogen-bond acceptors (Lipinski definition) is 0. The van der Waals surface area contributed by atoms with Crippen molar-refractivity contribution in [2.45, 2.75) is 0 Å². The average Bonchev–Trinajstić information content (AvgIpc) is 0.811. The van der Waals surface area contributed by atoms with Crippen LogP contribution in [-0.2, 0) is 13.7 Å². The van der Waals surface area contributed by atoms with Crippen LogP contribution in [0.3, 0.4) is 0 Å². The first-order valence-corrected chi connectivity index (χ1v) is 6.36. The normalized spacial score (nSPS) is 7.50. The van der Waals surface area contributed by atoms with E-state index in [4.69, 9.17) is 28.6 Å². The Kier molecular flexibility index (Phi) is 25.2. The standard InChI is InChI=1S/3ClH.2H2N.Pd/h3*1H;2*1H2;/q;;;2*-1;+3/p-3. The smallest absolute Gasteiger partial charge is 0.693 e. The van der Waals surface area contributed by atoms with E-state index in [9.17, 15) is 0 Å². The van der Waals surface area contributed by atoms with E-state index in [0.717, 1.165) is 0 Å².